The van der Waals surface area contributed by atoms with Gasteiger partial charge >= 0.3 is 0 Å². The lowest BCUT2D eigenvalue weighted by atomic mass is 10.1. The molecule has 2 N–H and O–H groups in total. The lowest BCUT2D eigenvalue weighted by Gasteiger charge is -2.25. The van der Waals surface area contributed by atoms with Crippen LogP contribution in [0.2, 0.25) is 0 Å². The molecule has 0 aliphatic carbocycles. The van der Waals surface area contributed by atoms with Crippen LogP contribution in [0.1, 0.15) is 29.4 Å². The molecule has 1 aliphatic heterocycles. The van der Waals surface area contributed by atoms with Crippen LogP contribution in [-0.4, -0.2) is 28.5 Å². The molecule has 2 aromatic rings. The van der Waals surface area contributed by atoms with Crippen molar-refractivity contribution in [3.8, 4) is 0 Å². The number of amides is 1. The van der Waals surface area contributed by atoms with E-state index in [-0.39, 0.29) is 5.91 Å². The van der Waals surface area contributed by atoms with Crippen molar-refractivity contribution >= 4 is 11.7 Å². The Hall–Kier alpha value is -2.21. The Morgan fingerprint density at radius 1 is 1.33 bits per heavy atom. The maximum atomic E-state index is 12.8. The maximum Gasteiger partial charge on any atom is 0.273 e. The molecule has 3 rings (SSSR count). The van der Waals surface area contributed by atoms with Crippen molar-refractivity contribution in [2.45, 2.75) is 18.9 Å². The normalized spacial score (nSPS) is 15.9. The molecule has 0 radical (unpaired) electrons. The molecule has 1 amide bonds. The number of aromatic nitrogens is 2. The number of halogens is 1. The first-order valence-electron chi connectivity index (χ1n) is 7.04. The van der Waals surface area contributed by atoms with E-state index in [1.807, 2.05) is 16.8 Å². The lowest BCUT2D eigenvalue weighted by molar-refractivity contribution is 0.101. The van der Waals surface area contributed by atoms with Crippen molar-refractivity contribution in [3.05, 3.63) is 48.2 Å². The SMILES string of the molecule is O=C(Nc1ccc(F)cn1)c1cccn1C1CCNCC1. The molecule has 1 saturated heterocycles. The van der Waals surface area contributed by atoms with Crippen LogP contribution < -0.4 is 10.6 Å². The van der Waals surface area contributed by atoms with Crippen LogP contribution in [0.15, 0.2) is 36.7 Å². The van der Waals surface area contributed by atoms with Gasteiger partial charge in [-0.15, -0.1) is 0 Å². The van der Waals surface area contributed by atoms with Gasteiger partial charge in [0.25, 0.3) is 5.91 Å². The van der Waals surface area contributed by atoms with Crippen LogP contribution in [0.3, 0.4) is 0 Å². The van der Waals surface area contributed by atoms with Gasteiger partial charge in [-0.2, -0.15) is 0 Å². The van der Waals surface area contributed by atoms with Crippen LogP contribution >= 0.6 is 0 Å². The van der Waals surface area contributed by atoms with E-state index in [1.165, 1.54) is 12.1 Å². The van der Waals surface area contributed by atoms with E-state index in [0.29, 0.717) is 17.6 Å². The molecule has 5 nitrogen and oxygen atoms in total. The molecule has 110 valence electrons. The molecule has 0 atom stereocenters. The summed E-state index contributed by atoms with van der Waals surface area (Å²) in [5.41, 5.74) is 0.605. The number of carbonyl (C=O) groups excluding carboxylic acids is 1. The van der Waals surface area contributed by atoms with E-state index >= 15 is 0 Å². The highest BCUT2D eigenvalue weighted by Gasteiger charge is 2.20. The van der Waals surface area contributed by atoms with E-state index in [2.05, 4.69) is 15.6 Å². The van der Waals surface area contributed by atoms with Gasteiger partial charge in [0.15, 0.2) is 0 Å². The van der Waals surface area contributed by atoms with Crippen LogP contribution in [0.25, 0.3) is 0 Å². The number of hydrogen-bond acceptors (Lipinski definition) is 3. The Kier molecular flexibility index (Phi) is 3.96. The number of carbonyl (C=O) groups is 1. The summed E-state index contributed by atoms with van der Waals surface area (Å²) in [7, 11) is 0. The van der Waals surface area contributed by atoms with Crippen LogP contribution in [0.4, 0.5) is 10.2 Å². The molecule has 21 heavy (non-hydrogen) atoms. The summed E-state index contributed by atoms with van der Waals surface area (Å²) in [6, 6.07) is 6.72. The summed E-state index contributed by atoms with van der Waals surface area (Å²) in [4.78, 5) is 16.2. The second-order valence-corrected chi connectivity index (χ2v) is 5.10. The average Bonchev–Trinajstić information content (AvgIpc) is 3.00. The van der Waals surface area contributed by atoms with Crippen LogP contribution in [0.5, 0.6) is 0 Å². The minimum absolute atomic E-state index is 0.224. The van der Waals surface area contributed by atoms with Crippen molar-refractivity contribution < 1.29 is 9.18 Å². The van der Waals surface area contributed by atoms with Gasteiger partial charge in [0.1, 0.15) is 17.3 Å². The topological polar surface area (TPSA) is 59.0 Å². The van der Waals surface area contributed by atoms with Gasteiger partial charge < -0.3 is 15.2 Å². The van der Waals surface area contributed by atoms with Crippen LogP contribution in [-0.2, 0) is 0 Å². The fourth-order valence-electron chi connectivity index (χ4n) is 2.62. The summed E-state index contributed by atoms with van der Waals surface area (Å²) >= 11 is 0. The highest BCUT2D eigenvalue weighted by molar-refractivity contribution is 6.02. The zero-order valence-corrected chi connectivity index (χ0v) is 11.6. The predicted octanol–water partition coefficient (Wildman–Crippen LogP) is 2.20. The first-order valence-corrected chi connectivity index (χ1v) is 7.04. The molecule has 0 saturated carbocycles. The summed E-state index contributed by atoms with van der Waals surface area (Å²) in [6.07, 6.45) is 5.03. The van der Waals surface area contributed by atoms with Crippen LogP contribution in [0, 0.1) is 5.82 Å². The second-order valence-electron chi connectivity index (χ2n) is 5.10. The molecule has 1 aliphatic rings. The quantitative estimate of drug-likeness (QED) is 0.910. The monoisotopic (exact) mass is 288 g/mol. The molecular formula is C15H17FN4O. The first-order chi connectivity index (χ1) is 10.2. The molecule has 0 bridgehead atoms. The zero-order chi connectivity index (χ0) is 14.7. The zero-order valence-electron chi connectivity index (χ0n) is 11.6. The Bertz CT molecular complexity index is 617. The van der Waals surface area contributed by atoms with Gasteiger partial charge in [0.05, 0.1) is 6.20 Å². The van der Waals surface area contributed by atoms with Crippen molar-refractivity contribution in [2.75, 3.05) is 18.4 Å². The average molecular weight is 288 g/mol. The smallest absolute Gasteiger partial charge is 0.273 e. The van der Waals surface area contributed by atoms with Crippen molar-refractivity contribution in [1.29, 1.82) is 0 Å². The van der Waals surface area contributed by atoms with E-state index in [9.17, 15) is 9.18 Å². The van der Waals surface area contributed by atoms with Gasteiger partial charge in [0, 0.05) is 12.2 Å². The van der Waals surface area contributed by atoms with Crippen molar-refractivity contribution in [1.82, 2.24) is 14.9 Å². The minimum atomic E-state index is -0.425. The Balaban J connectivity index is 1.75. The number of hydrogen-bond donors (Lipinski definition) is 2. The molecule has 6 heteroatoms. The third-order valence-electron chi connectivity index (χ3n) is 3.68. The molecule has 0 spiro atoms. The molecule has 3 heterocycles. The largest absolute Gasteiger partial charge is 0.340 e. The third-order valence-corrected chi connectivity index (χ3v) is 3.68. The second kappa shape index (κ2) is 6.05. The number of rotatable bonds is 3. The highest BCUT2D eigenvalue weighted by Crippen LogP contribution is 2.21. The molecule has 0 aromatic carbocycles. The van der Waals surface area contributed by atoms with E-state index in [4.69, 9.17) is 0 Å². The van der Waals surface area contributed by atoms with Gasteiger partial charge in [-0.05, 0) is 50.2 Å². The maximum absolute atomic E-state index is 12.8. The molecule has 2 aromatic heterocycles. The van der Waals surface area contributed by atoms with Gasteiger partial charge in [-0.3, -0.25) is 4.79 Å². The fraction of sp³-hybridized carbons (Fsp3) is 0.333. The third kappa shape index (κ3) is 3.11. The van der Waals surface area contributed by atoms with Gasteiger partial charge in [-0.25, -0.2) is 9.37 Å². The molecular weight excluding hydrogens is 271 g/mol. The predicted molar refractivity (Wildman–Crippen MR) is 77.7 cm³/mol. The fourth-order valence-corrected chi connectivity index (χ4v) is 2.62. The van der Waals surface area contributed by atoms with Gasteiger partial charge in [0.2, 0.25) is 0 Å². The molecule has 1 fully saturated rings. The van der Waals surface area contributed by atoms with Gasteiger partial charge in [-0.1, -0.05) is 0 Å². The summed E-state index contributed by atoms with van der Waals surface area (Å²) in [5, 5.41) is 6.01. The van der Waals surface area contributed by atoms with E-state index in [1.54, 1.807) is 6.07 Å². The summed E-state index contributed by atoms with van der Waals surface area (Å²) in [5.74, 6) is -0.303. The summed E-state index contributed by atoms with van der Waals surface area (Å²) in [6.45, 7) is 1.92. The number of nitrogens with zero attached hydrogens (tertiary/aromatic N) is 2. The first kappa shape index (κ1) is 13.8. The van der Waals surface area contributed by atoms with E-state index < -0.39 is 5.82 Å². The van der Waals surface area contributed by atoms with Crippen molar-refractivity contribution in [3.63, 3.8) is 0 Å². The lowest BCUT2D eigenvalue weighted by Crippen LogP contribution is -2.31. The standard InChI is InChI=1S/C15H17FN4O/c16-11-3-4-14(18-10-11)19-15(21)13-2-1-9-20(13)12-5-7-17-8-6-12/h1-4,9-10,12,17H,5-8H2,(H,18,19,21). The Labute approximate surface area is 122 Å². The highest BCUT2D eigenvalue weighted by atomic mass is 19.1. The number of pyridine rings is 1. The number of nitrogens with one attached hydrogen (secondary N) is 2. The van der Waals surface area contributed by atoms with E-state index in [0.717, 1.165) is 32.1 Å². The Morgan fingerprint density at radius 3 is 2.86 bits per heavy atom. The summed E-state index contributed by atoms with van der Waals surface area (Å²) < 4.78 is 14.8. The minimum Gasteiger partial charge on any atom is -0.340 e. The molecule has 0 unspecified atom stereocenters. The number of anilines is 1. The number of piperidine rings is 1. The Morgan fingerprint density at radius 2 is 2.14 bits per heavy atom. The van der Waals surface area contributed by atoms with Crippen molar-refractivity contribution in [2.24, 2.45) is 0 Å².